The number of hydrogen-bond acceptors (Lipinski definition) is 2. The number of fused-ring (bicyclic) bond motifs is 5. The molecule has 0 heterocycles. The molecule has 21 heavy (non-hydrogen) atoms. The topological polar surface area (TPSA) is 40.9 Å². The van der Waals surface area contributed by atoms with Gasteiger partial charge in [-0.25, -0.2) is 0 Å². The van der Waals surface area contributed by atoms with Crippen LogP contribution < -0.4 is 0 Å². The van der Waals surface area contributed by atoms with Crippen LogP contribution >= 0.6 is 0 Å². The largest absolute Gasteiger partial charge is 0.305 e. The van der Waals surface area contributed by atoms with E-state index in [1.807, 2.05) is 0 Å². The van der Waals surface area contributed by atoms with E-state index in [1.165, 1.54) is 19.3 Å². The summed E-state index contributed by atoms with van der Waals surface area (Å²) in [5.41, 5.74) is 2.70. The van der Waals surface area contributed by atoms with Crippen molar-refractivity contribution in [3.05, 3.63) is 11.6 Å². The lowest BCUT2D eigenvalue weighted by Crippen LogP contribution is -2.50. The second-order valence-electron chi connectivity index (χ2n) is 8.45. The van der Waals surface area contributed by atoms with Gasteiger partial charge in [-0.2, -0.15) is 0 Å². The van der Waals surface area contributed by atoms with Crippen LogP contribution in [0.15, 0.2) is 11.6 Å². The van der Waals surface area contributed by atoms with E-state index >= 15 is 0 Å². The van der Waals surface area contributed by atoms with Crippen LogP contribution in [0.3, 0.4) is 0 Å². The zero-order valence-electron chi connectivity index (χ0n) is 13.4. The molecular weight excluding hydrogens is 258 g/mol. The minimum atomic E-state index is 0.000118. The summed E-state index contributed by atoms with van der Waals surface area (Å²) in [6.45, 7) is 4.72. The molecule has 2 heteroatoms. The SMILES string of the molecule is CC12CCC3C(CCC4=CC(=N)CC[C@@]43C)C1CCC2=O. The average molecular weight is 285 g/mol. The highest BCUT2D eigenvalue weighted by atomic mass is 16.1. The first kappa shape index (κ1) is 13.7. The lowest BCUT2D eigenvalue weighted by atomic mass is 9.47. The third kappa shape index (κ3) is 1.71. The maximum absolute atomic E-state index is 12.4. The van der Waals surface area contributed by atoms with E-state index in [0.29, 0.717) is 17.1 Å². The molecule has 0 radical (unpaired) electrons. The second kappa shape index (κ2) is 4.30. The maximum Gasteiger partial charge on any atom is 0.139 e. The third-order valence-corrected chi connectivity index (χ3v) is 7.71. The summed E-state index contributed by atoms with van der Waals surface area (Å²) in [5.74, 6) is 2.70. The zero-order chi connectivity index (χ0) is 14.8. The molecule has 114 valence electrons. The average Bonchev–Trinajstić information content (AvgIpc) is 2.76. The maximum atomic E-state index is 12.4. The predicted octanol–water partition coefficient (Wildman–Crippen LogP) is 4.54. The highest BCUT2D eigenvalue weighted by Gasteiger charge is 2.58. The summed E-state index contributed by atoms with van der Waals surface area (Å²) >= 11 is 0. The fourth-order valence-electron chi connectivity index (χ4n) is 6.36. The molecule has 0 aromatic rings. The van der Waals surface area contributed by atoms with Gasteiger partial charge in [-0.15, -0.1) is 0 Å². The summed E-state index contributed by atoms with van der Waals surface area (Å²) in [5, 5.41) is 7.98. The van der Waals surface area contributed by atoms with Gasteiger partial charge >= 0.3 is 0 Å². The van der Waals surface area contributed by atoms with Crippen molar-refractivity contribution < 1.29 is 4.79 Å². The number of nitrogens with one attached hydrogen (secondary N) is 1. The third-order valence-electron chi connectivity index (χ3n) is 7.71. The van der Waals surface area contributed by atoms with Crippen molar-refractivity contribution in [2.45, 2.75) is 65.2 Å². The normalized spacial score (nSPS) is 49.2. The molecule has 0 saturated heterocycles. The van der Waals surface area contributed by atoms with Crippen molar-refractivity contribution in [1.29, 1.82) is 5.41 Å². The molecule has 0 bridgehead atoms. The van der Waals surface area contributed by atoms with Gasteiger partial charge in [0.15, 0.2) is 0 Å². The monoisotopic (exact) mass is 285 g/mol. The van der Waals surface area contributed by atoms with Crippen LogP contribution in [0.4, 0.5) is 0 Å². The minimum Gasteiger partial charge on any atom is -0.305 e. The summed E-state index contributed by atoms with van der Waals surface area (Å²) < 4.78 is 0. The van der Waals surface area contributed by atoms with Gasteiger partial charge in [-0.3, -0.25) is 4.79 Å². The van der Waals surface area contributed by atoms with E-state index in [4.69, 9.17) is 5.41 Å². The van der Waals surface area contributed by atoms with Gasteiger partial charge in [0.2, 0.25) is 0 Å². The van der Waals surface area contributed by atoms with Crippen molar-refractivity contribution in [2.24, 2.45) is 28.6 Å². The Morgan fingerprint density at radius 3 is 2.57 bits per heavy atom. The van der Waals surface area contributed by atoms with Crippen LogP contribution in [0, 0.1) is 34.0 Å². The van der Waals surface area contributed by atoms with Gasteiger partial charge in [0, 0.05) is 17.5 Å². The molecule has 0 amide bonds. The first-order valence-corrected chi connectivity index (χ1v) is 8.77. The molecule has 4 aliphatic carbocycles. The zero-order valence-corrected chi connectivity index (χ0v) is 13.4. The Kier molecular flexibility index (Phi) is 2.81. The first-order chi connectivity index (χ1) is 9.95. The minimum absolute atomic E-state index is 0.000118. The number of allylic oxidation sites excluding steroid dienone is 2. The smallest absolute Gasteiger partial charge is 0.139 e. The molecular formula is C19H27NO. The molecule has 0 aromatic heterocycles. The standard InChI is InChI=1S/C19H27NO/c1-18-9-7-13(20)11-12(18)3-4-14-15-5-6-17(21)19(15,2)10-8-16(14)18/h11,14-16,20H,3-10H2,1-2H3/t14?,15?,16?,18-,19?/m0/s1. The fraction of sp³-hybridized carbons (Fsp3) is 0.789. The molecule has 3 saturated carbocycles. The van der Waals surface area contributed by atoms with Crippen molar-refractivity contribution in [3.8, 4) is 0 Å². The molecule has 4 aliphatic rings. The molecule has 5 atom stereocenters. The summed E-state index contributed by atoms with van der Waals surface area (Å²) in [4.78, 5) is 12.4. The lowest BCUT2D eigenvalue weighted by molar-refractivity contribution is -0.132. The molecule has 4 rings (SSSR count). The van der Waals surface area contributed by atoms with Crippen molar-refractivity contribution >= 4 is 11.5 Å². The van der Waals surface area contributed by atoms with Crippen LogP contribution in [-0.4, -0.2) is 11.5 Å². The Labute approximate surface area is 127 Å². The van der Waals surface area contributed by atoms with Crippen LogP contribution in [-0.2, 0) is 4.79 Å². The number of hydrogen-bond donors (Lipinski definition) is 1. The van der Waals surface area contributed by atoms with Gasteiger partial charge in [0.1, 0.15) is 5.78 Å². The number of ketones is 1. The number of carbonyl (C=O) groups is 1. The Balaban J connectivity index is 1.70. The van der Waals surface area contributed by atoms with E-state index in [1.54, 1.807) is 5.57 Å². The Morgan fingerprint density at radius 1 is 1.00 bits per heavy atom. The van der Waals surface area contributed by atoms with Crippen molar-refractivity contribution in [2.75, 3.05) is 0 Å². The lowest BCUT2D eigenvalue weighted by Gasteiger charge is -2.57. The molecule has 0 aromatic carbocycles. The molecule has 4 unspecified atom stereocenters. The predicted molar refractivity (Wildman–Crippen MR) is 84.4 cm³/mol. The van der Waals surface area contributed by atoms with Crippen LogP contribution in [0.25, 0.3) is 0 Å². The highest BCUT2D eigenvalue weighted by molar-refractivity contribution is 5.94. The van der Waals surface area contributed by atoms with Gasteiger partial charge in [0.25, 0.3) is 0 Å². The van der Waals surface area contributed by atoms with Gasteiger partial charge in [-0.05, 0) is 74.2 Å². The van der Waals surface area contributed by atoms with Crippen molar-refractivity contribution in [3.63, 3.8) is 0 Å². The second-order valence-corrected chi connectivity index (χ2v) is 8.45. The van der Waals surface area contributed by atoms with E-state index in [9.17, 15) is 4.79 Å². The molecule has 1 N–H and O–H groups in total. The van der Waals surface area contributed by atoms with E-state index < -0.39 is 0 Å². The van der Waals surface area contributed by atoms with E-state index in [-0.39, 0.29) is 5.41 Å². The molecule has 3 fully saturated rings. The number of carbonyl (C=O) groups excluding carboxylic acids is 1. The molecule has 2 nitrogen and oxygen atoms in total. The Hall–Kier alpha value is -0.920. The number of Topliss-reactive ketones (excluding diaryl/α,β-unsaturated/α-hetero) is 1. The molecule has 0 aliphatic heterocycles. The Morgan fingerprint density at radius 2 is 1.76 bits per heavy atom. The fourth-order valence-corrected chi connectivity index (χ4v) is 6.36. The van der Waals surface area contributed by atoms with Crippen molar-refractivity contribution in [1.82, 2.24) is 0 Å². The quantitative estimate of drug-likeness (QED) is 0.697. The summed E-state index contributed by atoms with van der Waals surface area (Å²) in [7, 11) is 0. The van der Waals surface area contributed by atoms with Crippen LogP contribution in [0.5, 0.6) is 0 Å². The first-order valence-electron chi connectivity index (χ1n) is 8.77. The van der Waals surface area contributed by atoms with Crippen LogP contribution in [0.2, 0.25) is 0 Å². The van der Waals surface area contributed by atoms with Gasteiger partial charge in [-0.1, -0.05) is 19.4 Å². The van der Waals surface area contributed by atoms with Gasteiger partial charge < -0.3 is 5.41 Å². The number of rotatable bonds is 0. The van der Waals surface area contributed by atoms with E-state index in [2.05, 4.69) is 19.9 Å². The summed E-state index contributed by atoms with van der Waals surface area (Å²) in [6, 6.07) is 0. The Bertz CT molecular complexity index is 548. The van der Waals surface area contributed by atoms with E-state index in [0.717, 1.165) is 49.7 Å². The van der Waals surface area contributed by atoms with Gasteiger partial charge in [0.05, 0.1) is 0 Å². The highest BCUT2D eigenvalue weighted by Crippen LogP contribution is 2.64. The van der Waals surface area contributed by atoms with Crippen LogP contribution in [0.1, 0.15) is 65.2 Å². The molecule has 0 spiro atoms. The summed E-state index contributed by atoms with van der Waals surface area (Å²) in [6.07, 6.45) is 11.0.